The van der Waals surface area contributed by atoms with Crippen LogP contribution in [0.3, 0.4) is 0 Å². The summed E-state index contributed by atoms with van der Waals surface area (Å²) in [6, 6.07) is 8.14. The van der Waals surface area contributed by atoms with Crippen LogP contribution in [0.1, 0.15) is 37.2 Å². The maximum atomic E-state index is 9.38. The van der Waals surface area contributed by atoms with Crippen LogP contribution in [0.15, 0.2) is 53.7 Å². The molecule has 172 valence electrons. The molecule has 2 atom stereocenters. The molecule has 0 spiro atoms. The van der Waals surface area contributed by atoms with Gasteiger partial charge in [0, 0.05) is 44.2 Å². The Labute approximate surface area is 190 Å². The summed E-state index contributed by atoms with van der Waals surface area (Å²) in [5.74, 6) is 8.08. The minimum Gasteiger partial charge on any atom is -0.394 e. The molecule has 32 heavy (non-hydrogen) atoms. The first-order chi connectivity index (χ1) is 15.5. The standard InChI is InChI=1S/C25H34N4O3/c1-4-25-28-13-15-29(25)14-5-6-24(32-26-3)12-11-21-7-9-22(10-8-21)16-20(2)17-27-18-23(31)19-30/h6-10,13,15,20,23,27,30-31H,3-5,14,16-19H2,1-2H3/b24-6-. The van der Waals surface area contributed by atoms with Crippen LogP contribution in [-0.2, 0) is 24.2 Å². The van der Waals surface area contributed by atoms with Crippen LogP contribution in [0.25, 0.3) is 0 Å². The van der Waals surface area contributed by atoms with Gasteiger partial charge < -0.3 is 24.9 Å². The van der Waals surface area contributed by atoms with Gasteiger partial charge in [0.05, 0.1) is 12.7 Å². The molecule has 0 aliphatic carbocycles. The Morgan fingerprint density at radius 2 is 2.12 bits per heavy atom. The van der Waals surface area contributed by atoms with Crippen molar-refractivity contribution in [3.63, 3.8) is 0 Å². The minimum absolute atomic E-state index is 0.223. The highest BCUT2D eigenvalue weighted by molar-refractivity contribution is 5.40. The Balaban J connectivity index is 1.88. The molecule has 0 aliphatic heterocycles. The largest absolute Gasteiger partial charge is 0.394 e. The minimum atomic E-state index is -0.709. The van der Waals surface area contributed by atoms with E-state index in [1.54, 1.807) is 0 Å². The molecule has 0 saturated carbocycles. The SMILES string of the molecule is C=NO/C(C#Cc1ccc(CC(C)CNCC(O)CO)cc1)=C\CCn1ccnc1CC. The normalized spacial score (nSPS) is 13.2. The fourth-order valence-electron chi connectivity index (χ4n) is 3.27. The molecule has 7 nitrogen and oxygen atoms in total. The predicted octanol–water partition coefficient (Wildman–Crippen LogP) is 2.52. The monoisotopic (exact) mass is 438 g/mol. The van der Waals surface area contributed by atoms with Crippen molar-refractivity contribution in [2.75, 3.05) is 19.7 Å². The molecule has 0 radical (unpaired) electrons. The molecule has 2 aromatic rings. The Morgan fingerprint density at radius 3 is 2.81 bits per heavy atom. The highest BCUT2D eigenvalue weighted by Gasteiger charge is 2.06. The van der Waals surface area contributed by atoms with Crippen molar-refractivity contribution in [1.29, 1.82) is 0 Å². The van der Waals surface area contributed by atoms with Gasteiger partial charge in [-0.1, -0.05) is 37.1 Å². The zero-order valence-electron chi connectivity index (χ0n) is 19.0. The number of aromatic nitrogens is 2. The zero-order valence-corrected chi connectivity index (χ0v) is 19.0. The number of imidazole rings is 1. The molecule has 0 saturated heterocycles. The average molecular weight is 439 g/mol. The third-order valence-corrected chi connectivity index (χ3v) is 4.93. The van der Waals surface area contributed by atoms with E-state index in [0.717, 1.165) is 43.7 Å². The molecule has 0 amide bonds. The van der Waals surface area contributed by atoms with Gasteiger partial charge in [-0.3, -0.25) is 0 Å². The van der Waals surface area contributed by atoms with E-state index in [0.29, 0.717) is 18.2 Å². The van der Waals surface area contributed by atoms with Gasteiger partial charge in [0.15, 0.2) is 0 Å². The van der Waals surface area contributed by atoms with E-state index in [9.17, 15) is 5.11 Å². The van der Waals surface area contributed by atoms with Crippen LogP contribution < -0.4 is 5.32 Å². The second kappa shape index (κ2) is 14.2. The Morgan fingerprint density at radius 1 is 1.34 bits per heavy atom. The van der Waals surface area contributed by atoms with E-state index >= 15 is 0 Å². The Bertz CT molecular complexity index is 909. The lowest BCUT2D eigenvalue weighted by Gasteiger charge is -2.14. The van der Waals surface area contributed by atoms with Crippen molar-refractivity contribution in [3.8, 4) is 11.8 Å². The highest BCUT2D eigenvalue weighted by atomic mass is 16.6. The van der Waals surface area contributed by atoms with E-state index in [-0.39, 0.29) is 6.61 Å². The molecule has 2 unspecified atom stereocenters. The van der Waals surface area contributed by atoms with Crippen LogP contribution >= 0.6 is 0 Å². The second-order valence-corrected chi connectivity index (χ2v) is 7.72. The van der Waals surface area contributed by atoms with Gasteiger partial charge in [-0.2, -0.15) is 0 Å². The van der Waals surface area contributed by atoms with Gasteiger partial charge in [0.25, 0.3) is 0 Å². The molecule has 2 rings (SSSR count). The fraction of sp³-hybridized carbons (Fsp3) is 0.440. The van der Waals surface area contributed by atoms with Crippen molar-refractivity contribution in [2.45, 2.75) is 45.8 Å². The molecule has 7 heteroatoms. The first-order valence-corrected chi connectivity index (χ1v) is 11.0. The molecule has 0 aliphatic rings. The number of hydrogen-bond acceptors (Lipinski definition) is 6. The lowest BCUT2D eigenvalue weighted by atomic mass is 10.00. The van der Waals surface area contributed by atoms with Gasteiger partial charge in [-0.25, -0.2) is 4.98 Å². The molecular formula is C25H34N4O3. The summed E-state index contributed by atoms with van der Waals surface area (Å²) in [4.78, 5) is 9.54. The molecule has 1 aromatic carbocycles. The van der Waals surface area contributed by atoms with Gasteiger partial charge in [-0.15, -0.1) is 0 Å². The van der Waals surface area contributed by atoms with Crippen molar-refractivity contribution in [1.82, 2.24) is 14.9 Å². The number of benzene rings is 1. The number of aryl methyl sites for hydroxylation is 2. The van der Waals surface area contributed by atoms with E-state index in [4.69, 9.17) is 9.94 Å². The van der Waals surface area contributed by atoms with Gasteiger partial charge in [0.2, 0.25) is 5.76 Å². The smallest absolute Gasteiger partial charge is 0.204 e. The van der Waals surface area contributed by atoms with Crippen molar-refractivity contribution < 1.29 is 15.1 Å². The summed E-state index contributed by atoms with van der Waals surface area (Å²) in [7, 11) is 0. The van der Waals surface area contributed by atoms with Gasteiger partial charge in [-0.05, 0) is 55.0 Å². The molecule has 0 bridgehead atoms. The first-order valence-electron chi connectivity index (χ1n) is 11.0. The van der Waals surface area contributed by atoms with E-state index < -0.39 is 6.10 Å². The van der Waals surface area contributed by atoms with Crippen LogP contribution in [0.5, 0.6) is 0 Å². The third kappa shape index (κ3) is 9.06. The molecule has 1 aromatic heterocycles. The Hall–Kier alpha value is -2.92. The number of allylic oxidation sites excluding steroid dienone is 2. The van der Waals surface area contributed by atoms with Crippen molar-refractivity contribution >= 4 is 6.72 Å². The Kier molecular flexibility index (Phi) is 11.2. The summed E-state index contributed by atoms with van der Waals surface area (Å²) >= 11 is 0. The second-order valence-electron chi connectivity index (χ2n) is 7.72. The summed E-state index contributed by atoms with van der Waals surface area (Å²) < 4.78 is 2.12. The van der Waals surface area contributed by atoms with Crippen LogP contribution in [0, 0.1) is 17.8 Å². The third-order valence-electron chi connectivity index (χ3n) is 4.93. The zero-order chi connectivity index (χ0) is 23.2. The maximum Gasteiger partial charge on any atom is 0.204 e. The lowest BCUT2D eigenvalue weighted by Crippen LogP contribution is -2.32. The summed E-state index contributed by atoms with van der Waals surface area (Å²) in [5.41, 5.74) is 2.12. The lowest BCUT2D eigenvalue weighted by molar-refractivity contribution is 0.0938. The van der Waals surface area contributed by atoms with Gasteiger partial charge >= 0.3 is 0 Å². The molecule has 1 heterocycles. The number of aliphatic hydroxyl groups excluding tert-OH is 2. The topological polar surface area (TPSA) is 91.9 Å². The summed E-state index contributed by atoms with van der Waals surface area (Å²) in [6.45, 7) is 9.38. The number of nitrogens with one attached hydrogen (secondary N) is 1. The van der Waals surface area contributed by atoms with Crippen LogP contribution in [0.2, 0.25) is 0 Å². The number of nitrogens with zero attached hydrogens (tertiary/aromatic N) is 3. The number of aliphatic hydroxyl groups is 2. The van der Waals surface area contributed by atoms with Crippen LogP contribution in [-0.4, -0.2) is 52.3 Å². The van der Waals surface area contributed by atoms with Crippen LogP contribution in [0.4, 0.5) is 0 Å². The van der Waals surface area contributed by atoms with E-state index in [2.05, 4.69) is 64.6 Å². The highest BCUT2D eigenvalue weighted by Crippen LogP contribution is 2.10. The van der Waals surface area contributed by atoms with Gasteiger partial charge in [0.1, 0.15) is 5.82 Å². The molecule has 0 fully saturated rings. The summed E-state index contributed by atoms with van der Waals surface area (Å²) in [5, 5.41) is 24.9. The predicted molar refractivity (Wildman–Crippen MR) is 127 cm³/mol. The van der Waals surface area contributed by atoms with E-state index in [1.807, 2.05) is 30.6 Å². The number of rotatable bonds is 13. The quantitative estimate of drug-likeness (QED) is 0.193. The van der Waals surface area contributed by atoms with Crippen molar-refractivity contribution in [2.24, 2.45) is 11.1 Å². The van der Waals surface area contributed by atoms with Crippen molar-refractivity contribution in [3.05, 3.63) is 65.4 Å². The summed E-state index contributed by atoms with van der Waals surface area (Å²) in [6.07, 6.45) is 7.56. The number of hydrogen-bond donors (Lipinski definition) is 3. The first kappa shape index (κ1) is 25.3. The number of oxime groups is 1. The maximum absolute atomic E-state index is 9.38. The fourth-order valence-corrected chi connectivity index (χ4v) is 3.27. The molecule has 3 N–H and O–H groups in total. The van der Waals surface area contributed by atoms with E-state index in [1.165, 1.54) is 5.56 Å². The molecular weight excluding hydrogens is 404 g/mol. The average Bonchev–Trinajstić information content (AvgIpc) is 3.25.